The van der Waals surface area contributed by atoms with Crippen LogP contribution < -0.4 is 0 Å². The minimum Gasteiger partial charge on any atom is -0.387 e. The molecule has 0 saturated heterocycles. The van der Waals surface area contributed by atoms with Crippen LogP contribution in [0.1, 0.15) is 63.8 Å². The molecule has 1 atom stereocenters. The average Bonchev–Trinajstić information content (AvgIpc) is 2.87. The largest absolute Gasteiger partial charge is 0.387 e. The number of aryl methyl sites for hydroxylation is 2. The molecule has 1 aromatic rings. The molecule has 0 aliphatic heterocycles. The number of nitrogens with zero attached hydrogens (tertiary/aromatic N) is 3. The van der Waals surface area contributed by atoms with E-state index >= 15 is 0 Å². The van der Waals surface area contributed by atoms with Crippen LogP contribution >= 0.6 is 0 Å². The highest BCUT2D eigenvalue weighted by molar-refractivity contribution is 5.25. The summed E-state index contributed by atoms with van der Waals surface area (Å²) in [6, 6.07) is 2.45. The maximum absolute atomic E-state index is 10.9. The average molecular weight is 289 g/mol. The van der Waals surface area contributed by atoms with Crippen molar-refractivity contribution in [3.05, 3.63) is 17.5 Å². The Balaban J connectivity index is 2.23. The molecule has 1 saturated carbocycles. The van der Waals surface area contributed by atoms with Crippen molar-refractivity contribution in [2.45, 2.75) is 59.0 Å². The molecule has 0 aromatic carbocycles. The molecule has 0 radical (unpaired) electrons. The second kappa shape index (κ2) is 6.19. The Morgan fingerprint density at radius 3 is 2.57 bits per heavy atom. The summed E-state index contributed by atoms with van der Waals surface area (Å²) in [6.45, 7) is 6.53. The smallest absolute Gasteiger partial charge is 0.101 e. The van der Waals surface area contributed by atoms with Crippen molar-refractivity contribution >= 4 is 0 Å². The van der Waals surface area contributed by atoms with Gasteiger partial charge in [-0.05, 0) is 43.9 Å². The first-order chi connectivity index (χ1) is 9.93. The van der Waals surface area contributed by atoms with Crippen LogP contribution in [0, 0.1) is 28.6 Å². The number of hydrogen-bond acceptors (Lipinski definition) is 3. The summed E-state index contributed by atoms with van der Waals surface area (Å²) in [7, 11) is 1.87. The second-order valence-corrected chi connectivity index (χ2v) is 6.81. The van der Waals surface area contributed by atoms with Crippen molar-refractivity contribution in [3.8, 4) is 6.07 Å². The van der Waals surface area contributed by atoms with E-state index in [0.717, 1.165) is 43.4 Å². The molecule has 4 heteroatoms. The fourth-order valence-corrected chi connectivity index (χ4v) is 3.62. The summed E-state index contributed by atoms with van der Waals surface area (Å²) in [6.07, 6.45) is 5.56. The predicted octanol–water partition coefficient (Wildman–Crippen LogP) is 3.37. The minimum atomic E-state index is -0.723. The van der Waals surface area contributed by atoms with Crippen LogP contribution in [0.5, 0.6) is 0 Å². The first-order valence-corrected chi connectivity index (χ1v) is 8.05. The van der Waals surface area contributed by atoms with E-state index < -0.39 is 11.5 Å². The van der Waals surface area contributed by atoms with E-state index in [0.29, 0.717) is 11.8 Å². The summed E-state index contributed by atoms with van der Waals surface area (Å²) < 4.78 is 1.74. The molecule has 0 amide bonds. The van der Waals surface area contributed by atoms with Crippen molar-refractivity contribution in [3.63, 3.8) is 0 Å². The molecule has 1 fully saturated rings. The van der Waals surface area contributed by atoms with Crippen LogP contribution in [0.2, 0.25) is 0 Å². The Morgan fingerprint density at radius 1 is 1.48 bits per heavy atom. The second-order valence-electron chi connectivity index (χ2n) is 6.81. The van der Waals surface area contributed by atoms with E-state index in [9.17, 15) is 10.4 Å². The molecular weight excluding hydrogens is 262 g/mol. The standard InChI is InChI=1S/C17H27N3O/c1-5-15-14(10-20(4)19-15)16(21)17(11-18)8-6-13(7-9-17)12(2)3/h10,12-13,16,21H,5-9H2,1-4H3. The predicted molar refractivity (Wildman–Crippen MR) is 82.4 cm³/mol. The fourth-order valence-electron chi connectivity index (χ4n) is 3.62. The van der Waals surface area contributed by atoms with E-state index in [2.05, 4.69) is 25.0 Å². The normalized spacial score (nSPS) is 27.6. The summed E-state index contributed by atoms with van der Waals surface area (Å²) in [5.41, 5.74) is 1.10. The highest BCUT2D eigenvalue weighted by atomic mass is 16.3. The number of aromatic nitrogens is 2. The van der Waals surface area contributed by atoms with Gasteiger partial charge in [0.1, 0.15) is 6.10 Å². The molecule has 1 unspecified atom stereocenters. The molecule has 116 valence electrons. The third-order valence-electron chi connectivity index (χ3n) is 5.18. The lowest BCUT2D eigenvalue weighted by Crippen LogP contribution is -2.34. The van der Waals surface area contributed by atoms with Crippen LogP contribution in [0.3, 0.4) is 0 Å². The van der Waals surface area contributed by atoms with Crippen molar-refractivity contribution in [2.75, 3.05) is 0 Å². The van der Waals surface area contributed by atoms with Gasteiger partial charge in [-0.15, -0.1) is 0 Å². The highest BCUT2D eigenvalue weighted by Gasteiger charge is 2.44. The molecule has 21 heavy (non-hydrogen) atoms. The summed E-state index contributed by atoms with van der Waals surface area (Å²) in [5, 5.41) is 25.0. The van der Waals surface area contributed by atoms with Gasteiger partial charge >= 0.3 is 0 Å². The van der Waals surface area contributed by atoms with Crippen LogP contribution in [0.4, 0.5) is 0 Å². The Hall–Kier alpha value is -1.34. The number of nitriles is 1. The summed E-state index contributed by atoms with van der Waals surface area (Å²) in [4.78, 5) is 0. The van der Waals surface area contributed by atoms with Crippen LogP contribution in [0.25, 0.3) is 0 Å². The molecule has 0 spiro atoms. The maximum atomic E-state index is 10.9. The lowest BCUT2D eigenvalue weighted by molar-refractivity contribution is 0.0185. The number of rotatable bonds is 4. The highest BCUT2D eigenvalue weighted by Crippen LogP contribution is 2.48. The Morgan fingerprint density at radius 2 is 2.10 bits per heavy atom. The quantitative estimate of drug-likeness (QED) is 0.924. The Bertz CT molecular complexity index is 519. The van der Waals surface area contributed by atoms with Gasteiger partial charge in [0, 0.05) is 18.8 Å². The molecule has 1 heterocycles. The summed E-state index contributed by atoms with van der Waals surface area (Å²) in [5.74, 6) is 1.33. The van der Waals surface area contributed by atoms with Crippen molar-refractivity contribution in [2.24, 2.45) is 24.3 Å². The minimum absolute atomic E-state index is 0.641. The third-order valence-corrected chi connectivity index (χ3v) is 5.18. The van der Waals surface area contributed by atoms with Gasteiger partial charge in [0.25, 0.3) is 0 Å². The number of aliphatic hydroxyl groups excluding tert-OH is 1. The van der Waals surface area contributed by atoms with E-state index in [1.807, 2.05) is 20.2 Å². The molecule has 2 rings (SSSR count). The SMILES string of the molecule is CCc1nn(C)cc1C(O)C1(C#N)CCC(C(C)C)CC1. The number of hydrogen-bond donors (Lipinski definition) is 1. The lowest BCUT2D eigenvalue weighted by atomic mass is 9.65. The monoisotopic (exact) mass is 289 g/mol. The molecule has 1 N–H and O–H groups in total. The van der Waals surface area contributed by atoms with Crippen LogP contribution in [-0.4, -0.2) is 14.9 Å². The van der Waals surface area contributed by atoms with Gasteiger partial charge in [-0.3, -0.25) is 4.68 Å². The maximum Gasteiger partial charge on any atom is 0.101 e. The first kappa shape index (κ1) is 16.0. The van der Waals surface area contributed by atoms with Crippen molar-refractivity contribution < 1.29 is 5.11 Å². The molecule has 4 nitrogen and oxygen atoms in total. The van der Waals surface area contributed by atoms with Gasteiger partial charge < -0.3 is 5.11 Å². The topological polar surface area (TPSA) is 61.8 Å². The zero-order chi connectivity index (χ0) is 15.6. The Labute approximate surface area is 127 Å². The van der Waals surface area contributed by atoms with E-state index in [1.165, 1.54) is 0 Å². The van der Waals surface area contributed by atoms with E-state index in [4.69, 9.17) is 0 Å². The van der Waals surface area contributed by atoms with E-state index in [1.54, 1.807) is 4.68 Å². The third kappa shape index (κ3) is 2.98. The first-order valence-electron chi connectivity index (χ1n) is 8.05. The zero-order valence-corrected chi connectivity index (χ0v) is 13.6. The molecule has 1 aromatic heterocycles. The molecule has 1 aliphatic carbocycles. The van der Waals surface area contributed by atoms with E-state index in [-0.39, 0.29) is 0 Å². The molecule has 1 aliphatic rings. The molecular formula is C17H27N3O. The van der Waals surface area contributed by atoms with Crippen molar-refractivity contribution in [1.82, 2.24) is 9.78 Å². The lowest BCUT2D eigenvalue weighted by Gasteiger charge is -2.39. The van der Waals surface area contributed by atoms with Crippen molar-refractivity contribution in [1.29, 1.82) is 5.26 Å². The number of aliphatic hydroxyl groups is 1. The van der Waals surface area contributed by atoms with Crippen LogP contribution in [0.15, 0.2) is 6.20 Å². The van der Waals surface area contributed by atoms with Crippen LogP contribution in [-0.2, 0) is 13.5 Å². The van der Waals surface area contributed by atoms with Gasteiger partial charge in [0.05, 0.1) is 17.2 Å². The van der Waals surface area contributed by atoms with Gasteiger partial charge in [0.2, 0.25) is 0 Å². The Kier molecular flexibility index (Phi) is 4.73. The zero-order valence-electron chi connectivity index (χ0n) is 13.6. The van der Waals surface area contributed by atoms with Gasteiger partial charge in [-0.1, -0.05) is 20.8 Å². The van der Waals surface area contributed by atoms with Gasteiger partial charge in [-0.2, -0.15) is 10.4 Å². The van der Waals surface area contributed by atoms with Gasteiger partial charge in [-0.25, -0.2) is 0 Å². The fraction of sp³-hybridized carbons (Fsp3) is 0.765. The summed E-state index contributed by atoms with van der Waals surface area (Å²) >= 11 is 0. The van der Waals surface area contributed by atoms with Gasteiger partial charge in [0.15, 0.2) is 0 Å². The molecule has 0 bridgehead atoms.